The molecule has 3 rings (SSSR count). The summed E-state index contributed by atoms with van der Waals surface area (Å²) in [5, 5.41) is 0.715. The fraction of sp³-hybridized carbons (Fsp3) is 0.500. The number of halogens is 1. The van der Waals surface area contributed by atoms with Crippen molar-refractivity contribution in [1.82, 2.24) is 14.9 Å². The van der Waals surface area contributed by atoms with Crippen LogP contribution in [-0.2, 0) is 22.6 Å². The molecule has 1 aliphatic rings. The highest BCUT2D eigenvalue weighted by Crippen LogP contribution is 2.28. The second kappa shape index (κ2) is 9.55. The molecule has 29 heavy (non-hydrogen) atoms. The van der Waals surface area contributed by atoms with Gasteiger partial charge in [0, 0.05) is 63.1 Å². The summed E-state index contributed by atoms with van der Waals surface area (Å²) >= 11 is 6.21. The number of anilines is 1. The highest BCUT2D eigenvalue weighted by Gasteiger charge is 2.25. The van der Waals surface area contributed by atoms with E-state index in [1.165, 1.54) is 0 Å². The molecule has 1 aliphatic heterocycles. The minimum absolute atomic E-state index is 0.120. The monoisotopic (exact) mass is 416 g/mol. The van der Waals surface area contributed by atoms with Crippen molar-refractivity contribution in [3.8, 4) is 0 Å². The summed E-state index contributed by atoms with van der Waals surface area (Å²) in [6.45, 7) is 9.16. The molecule has 156 valence electrons. The molecule has 1 amide bonds. The molecule has 1 fully saturated rings. The number of carbonyl (C=O) groups is 1. The molecule has 0 unspecified atom stereocenters. The molecule has 0 N–H and O–H groups in total. The molecule has 0 bridgehead atoms. The van der Waals surface area contributed by atoms with E-state index >= 15 is 0 Å². The van der Waals surface area contributed by atoms with Crippen molar-refractivity contribution in [1.29, 1.82) is 0 Å². The van der Waals surface area contributed by atoms with Crippen LogP contribution in [0.1, 0.15) is 49.3 Å². The van der Waals surface area contributed by atoms with Gasteiger partial charge in [-0.05, 0) is 17.7 Å². The van der Waals surface area contributed by atoms with Crippen LogP contribution < -0.4 is 4.90 Å². The lowest BCUT2D eigenvalue weighted by atomic mass is 10.0. The maximum atomic E-state index is 11.7. The fourth-order valence-corrected chi connectivity index (χ4v) is 3.79. The maximum absolute atomic E-state index is 11.7. The van der Waals surface area contributed by atoms with E-state index in [-0.39, 0.29) is 11.8 Å². The number of nitrogens with zero attached hydrogens (tertiary/aromatic N) is 4. The molecule has 1 aromatic heterocycles. The Labute approximate surface area is 177 Å². The van der Waals surface area contributed by atoms with Crippen molar-refractivity contribution in [3.63, 3.8) is 0 Å². The van der Waals surface area contributed by atoms with Crippen LogP contribution in [0.2, 0.25) is 5.02 Å². The van der Waals surface area contributed by atoms with Crippen molar-refractivity contribution < 1.29 is 9.53 Å². The largest absolute Gasteiger partial charge is 0.378 e. The van der Waals surface area contributed by atoms with Crippen LogP contribution in [0.3, 0.4) is 0 Å². The number of piperazine rings is 1. The van der Waals surface area contributed by atoms with E-state index in [4.69, 9.17) is 26.3 Å². The van der Waals surface area contributed by atoms with E-state index in [1.54, 1.807) is 14.0 Å². The van der Waals surface area contributed by atoms with E-state index in [0.717, 1.165) is 41.6 Å². The quantitative estimate of drug-likeness (QED) is 0.719. The predicted molar refractivity (Wildman–Crippen MR) is 116 cm³/mol. The first-order valence-corrected chi connectivity index (χ1v) is 10.4. The number of hydrogen-bond donors (Lipinski definition) is 0. The van der Waals surface area contributed by atoms with E-state index in [2.05, 4.69) is 24.8 Å². The van der Waals surface area contributed by atoms with Gasteiger partial charge >= 0.3 is 0 Å². The highest BCUT2D eigenvalue weighted by molar-refractivity contribution is 6.30. The Morgan fingerprint density at radius 2 is 1.93 bits per heavy atom. The van der Waals surface area contributed by atoms with Crippen LogP contribution in [0.4, 0.5) is 5.82 Å². The minimum Gasteiger partial charge on any atom is -0.378 e. The van der Waals surface area contributed by atoms with Crippen molar-refractivity contribution in [2.75, 3.05) is 38.2 Å². The van der Waals surface area contributed by atoms with Gasteiger partial charge in [0.05, 0.1) is 12.3 Å². The lowest BCUT2D eigenvalue weighted by molar-refractivity contribution is -0.129. The number of rotatable bonds is 6. The average molecular weight is 417 g/mol. The second-order valence-electron chi connectivity index (χ2n) is 7.72. The Bertz CT molecular complexity index is 864. The summed E-state index contributed by atoms with van der Waals surface area (Å²) in [4.78, 5) is 25.6. The van der Waals surface area contributed by atoms with Crippen LogP contribution in [0.15, 0.2) is 24.3 Å². The van der Waals surface area contributed by atoms with Gasteiger partial charge in [0.25, 0.3) is 0 Å². The third kappa shape index (κ3) is 5.25. The van der Waals surface area contributed by atoms with Gasteiger partial charge in [-0.25, -0.2) is 9.97 Å². The summed E-state index contributed by atoms with van der Waals surface area (Å²) in [5.74, 6) is 2.09. The number of carbonyl (C=O) groups excluding carboxylic acids is 1. The molecule has 6 nitrogen and oxygen atoms in total. The van der Waals surface area contributed by atoms with E-state index in [9.17, 15) is 4.79 Å². The van der Waals surface area contributed by atoms with Gasteiger partial charge in [-0.3, -0.25) is 4.79 Å². The summed E-state index contributed by atoms with van der Waals surface area (Å²) in [6.07, 6.45) is 0.680. The maximum Gasteiger partial charge on any atom is 0.219 e. The summed E-state index contributed by atoms with van der Waals surface area (Å²) < 4.78 is 5.47. The van der Waals surface area contributed by atoms with Gasteiger partial charge in [-0.1, -0.05) is 37.6 Å². The number of methoxy groups -OCH3 is 1. The van der Waals surface area contributed by atoms with E-state index < -0.39 is 0 Å². The predicted octanol–water partition coefficient (Wildman–Crippen LogP) is 3.66. The normalized spacial score (nSPS) is 14.6. The smallest absolute Gasteiger partial charge is 0.219 e. The van der Waals surface area contributed by atoms with Gasteiger partial charge in [0.1, 0.15) is 11.6 Å². The number of hydrogen-bond acceptors (Lipinski definition) is 5. The van der Waals surface area contributed by atoms with Gasteiger partial charge in [0.15, 0.2) is 0 Å². The first-order chi connectivity index (χ1) is 13.9. The third-order valence-electron chi connectivity index (χ3n) is 5.18. The zero-order valence-corrected chi connectivity index (χ0v) is 18.4. The number of amides is 1. The molecule has 0 spiro atoms. The lowest BCUT2D eigenvalue weighted by Gasteiger charge is -2.36. The first kappa shape index (κ1) is 21.5. The Morgan fingerprint density at radius 3 is 2.52 bits per heavy atom. The summed E-state index contributed by atoms with van der Waals surface area (Å²) in [6, 6.07) is 7.88. The molecule has 0 saturated carbocycles. The van der Waals surface area contributed by atoms with Crippen molar-refractivity contribution >= 4 is 23.3 Å². The zero-order chi connectivity index (χ0) is 21.0. The lowest BCUT2D eigenvalue weighted by Crippen LogP contribution is -2.48. The van der Waals surface area contributed by atoms with Crippen LogP contribution >= 0.6 is 11.6 Å². The van der Waals surface area contributed by atoms with Crippen LogP contribution in [0.5, 0.6) is 0 Å². The standard InChI is InChI=1S/C22H29ClN4O2/c1-15(2)21-24-20(14-29-4)19(13-17-6-5-7-18(23)12-17)22(25-21)27-10-8-26(9-11-27)16(3)28/h5-7,12,15H,8-11,13-14H2,1-4H3. The Kier molecular flexibility index (Phi) is 7.09. The zero-order valence-electron chi connectivity index (χ0n) is 17.6. The topological polar surface area (TPSA) is 58.6 Å². The first-order valence-electron chi connectivity index (χ1n) is 10.0. The van der Waals surface area contributed by atoms with Crippen molar-refractivity contribution in [2.24, 2.45) is 0 Å². The van der Waals surface area contributed by atoms with Gasteiger partial charge in [-0.2, -0.15) is 0 Å². The molecular weight excluding hydrogens is 388 g/mol. The Morgan fingerprint density at radius 1 is 1.21 bits per heavy atom. The molecule has 1 aromatic carbocycles. The van der Waals surface area contributed by atoms with E-state index in [1.807, 2.05) is 23.1 Å². The third-order valence-corrected chi connectivity index (χ3v) is 5.42. The molecule has 1 saturated heterocycles. The number of aromatic nitrogens is 2. The molecule has 0 atom stereocenters. The van der Waals surface area contributed by atoms with E-state index in [0.29, 0.717) is 31.1 Å². The molecular formula is C22H29ClN4O2. The number of benzene rings is 1. The SMILES string of the molecule is COCc1nc(C(C)C)nc(N2CCN(C(C)=O)CC2)c1Cc1cccc(Cl)c1. The summed E-state index contributed by atoms with van der Waals surface area (Å²) in [5.41, 5.74) is 3.09. The molecule has 2 heterocycles. The number of ether oxygens (including phenoxy) is 1. The molecule has 0 aliphatic carbocycles. The molecule has 2 aromatic rings. The second-order valence-corrected chi connectivity index (χ2v) is 8.15. The summed E-state index contributed by atoms with van der Waals surface area (Å²) in [7, 11) is 1.69. The van der Waals surface area contributed by atoms with Crippen LogP contribution in [0.25, 0.3) is 0 Å². The van der Waals surface area contributed by atoms with Gasteiger partial charge in [-0.15, -0.1) is 0 Å². The minimum atomic E-state index is 0.120. The van der Waals surface area contributed by atoms with Crippen molar-refractivity contribution in [2.45, 2.75) is 39.7 Å². The Balaban J connectivity index is 2.02. The van der Waals surface area contributed by atoms with Crippen molar-refractivity contribution in [3.05, 3.63) is 51.9 Å². The fourth-order valence-electron chi connectivity index (χ4n) is 3.58. The molecule has 7 heteroatoms. The van der Waals surface area contributed by atoms with Gasteiger partial charge < -0.3 is 14.5 Å². The van der Waals surface area contributed by atoms with Crippen LogP contribution in [-0.4, -0.2) is 54.1 Å². The van der Waals surface area contributed by atoms with Gasteiger partial charge in [0.2, 0.25) is 5.91 Å². The average Bonchev–Trinajstić information content (AvgIpc) is 2.69. The van der Waals surface area contributed by atoms with Crippen LogP contribution in [0, 0.1) is 0 Å². The Hall–Kier alpha value is -2.18. The highest BCUT2D eigenvalue weighted by atomic mass is 35.5. The molecule has 0 radical (unpaired) electrons.